The van der Waals surface area contributed by atoms with Crippen LogP contribution >= 0.6 is 11.3 Å². The van der Waals surface area contributed by atoms with Crippen molar-refractivity contribution in [3.05, 3.63) is 40.2 Å². The fraction of sp³-hybridized carbons (Fsp3) is 0.111. The SMILES string of the molecule is O=Cc1cnc(Cc2cccs2)o1. The second-order valence-electron chi connectivity index (χ2n) is 2.53. The summed E-state index contributed by atoms with van der Waals surface area (Å²) in [5.41, 5.74) is 0. The van der Waals surface area contributed by atoms with Gasteiger partial charge in [-0.05, 0) is 11.4 Å². The molecule has 0 aliphatic carbocycles. The Morgan fingerprint density at radius 2 is 2.54 bits per heavy atom. The lowest BCUT2D eigenvalue weighted by Gasteiger charge is -1.89. The van der Waals surface area contributed by atoms with Crippen LogP contribution in [-0.4, -0.2) is 11.3 Å². The van der Waals surface area contributed by atoms with Gasteiger partial charge in [-0.25, -0.2) is 4.98 Å². The van der Waals surface area contributed by atoms with Crippen molar-refractivity contribution in [3.63, 3.8) is 0 Å². The normalized spacial score (nSPS) is 10.2. The first-order chi connectivity index (χ1) is 6.38. The molecule has 0 unspecified atom stereocenters. The Morgan fingerprint density at radius 3 is 3.15 bits per heavy atom. The Morgan fingerprint density at radius 1 is 1.62 bits per heavy atom. The maximum atomic E-state index is 10.3. The number of hydrogen-bond donors (Lipinski definition) is 0. The second kappa shape index (κ2) is 3.53. The third-order valence-corrected chi connectivity index (χ3v) is 2.47. The molecule has 0 N–H and O–H groups in total. The minimum atomic E-state index is 0.284. The summed E-state index contributed by atoms with van der Waals surface area (Å²) in [6.45, 7) is 0. The van der Waals surface area contributed by atoms with Crippen LogP contribution in [0.5, 0.6) is 0 Å². The summed E-state index contributed by atoms with van der Waals surface area (Å²) in [5, 5.41) is 2.00. The minimum Gasteiger partial charge on any atom is -0.438 e. The van der Waals surface area contributed by atoms with Gasteiger partial charge in [0.25, 0.3) is 0 Å². The van der Waals surface area contributed by atoms with Crippen LogP contribution in [0, 0.1) is 0 Å². The highest BCUT2D eigenvalue weighted by Crippen LogP contribution is 2.14. The summed E-state index contributed by atoms with van der Waals surface area (Å²) in [7, 11) is 0. The van der Waals surface area contributed by atoms with Crippen molar-refractivity contribution in [2.24, 2.45) is 0 Å². The largest absolute Gasteiger partial charge is 0.438 e. The molecule has 0 saturated carbocycles. The quantitative estimate of drug-likeness (QED) is 0.701. The molecule has 0 fully saturated rings. The van der Waals surface area contributed by atoms with Gasteiger partial charge in [0.1, 0.15) is 0 Å². The first kappa shape index (κ1) is 8.19. The predicted octanol–water partition coefficient (Wildman–Crippen LogP) is 2.14. The van der Waals surface area contributed by atoms with E-state index >= 15 is 0 Å². The summed E-state index contributed by atoms with van der Waals surface area (Å²) in [6.07, 6.45) is 2.76. The van der Waals surface area contributed by atoms with Crippen molar-refractivity contribution in [1.29, 1.82) is 0 Å². The Kier molecular flexibility index (Phi) is 2.23. The maximum Gasteiger partial charge on any atom is 0.200 e. The first-order valence-electron chi connectivity index (χ1n) is 3.81. The van der Waals surface area contributed by atoms with Crippen LogP contribution < -0.4 is 0 Å². The lowest BCUT2D eigenvalue weighted by Crippen LogP contribution is -1.82. The van der Waals surface area contributed by atoms with Gasteiger partial charge in [0.2, 0.25) is 0 Å². The Bertz CT molecular complexity index is 391. The fourth-order valence-electron chi connectivity index (χ4n) is 1.02. The monoisotopic (exact) mass is 193 g/mol. The van der Waals surface area contributed by atoms with Crippen molar-refractivity contribution < 1.29 is 9.21 Å². The molecule has 3 nitrogen and oxygen atoms in total. The topological polar surface area (TPSA) is 43.1 Å². The zero-order valence-corrected chi connectivity index (χ0v) is 7.58. The molecule has 2 aromatic rings. The lowest BCUT2D eigenvalue weighted by molar-refractivity contribution is 0.109. The van der Waals surface area contributed by atoms with Crippen LogP contribution in [0.4, 0.5) is 0 Å². The Labute approximate surface area is 79.0 Å². The van der Waals surface area contributed by atoms with Crippen molar-refractivity contribution >= 4 is 17.6 Å². The van der Waals surface area contributed by atoms with Crippen molar-refractivity contribution in [3.8, 4) is 0 Å². The van der Waals surface area contributed by atoms with Gasteiger partial charge < -0.3 is 4.42 Å². The van der Waals surface area contributed by atoms with Gasteiger partial charge in [0.15, 0.2) is 17.9 Å². The van der Waals surface area contributed by atoms with E-state index in [9.17, 15) is 4.79 Å². The summed E-state index contributed by atoms with van der Waals surface area (Å²) in [6, 6.07) is 3.99. The molecule has 0 amide bonds. The van der Waals surface area contributed by atoms with Gasteiger partial charge >= 0.3 is 0 Å². The van der Waals surface area contributed by atoms with E-state index < -0.39 is 0 Å². The molecule has 66 valence electrons. The van der Waals surface area contributed by atoms with Gasteiger partial charge in [-0.15, -0.1) is 11.3 Å². The molecular formula is C9H7NO2S. The van der Waals surface area contributed by atoms with Crippen molar-refractivity contribution in [2.75, 3.05) is 0 Å². The van der Waals surface area contributed by atoms with E-state index in [1.807, 2.05) is 17.5 Å². The lowest BCUT2D eigenvalue weighted by atomic mass is 10.3. The maximum absolute atomic E-state index is 10.3. The van der Waals surface area contributed by atoms with E-state index in [1.54, 1.807) is 11.3 Å². The highest BCUT2D eigenvalue weighted by atomic mass is 32.1. The predicted molar refractivity (Wildman–Crippen MR) is 49.0 cm³/mol. The number of nitrogens with zero attached hydrogens (tertiary/aromatic N) is 1. The van der Waals surface area contributed by atoms with E-state index in [2.05, 4.69) is 4.98 Å². The standard InChI is InChI=1S/C9H7NO2S/c11-6-7-5-10-9(12-7)4-8-2-1-3-13-8/h1-3,5-6H,4H2. The highest BCUT2D eigenvalue weighted by Gasteiger charge is 2.04. The van der Waals surface area contributed by atoms with Gasteiger partial charge in [-0.3, -0.25) is 4.79 Å². The average Bonchev–Trinajstić information content (AvgIpc) is 2.76. The minimum absolute atomic E-state index is 0.284. The summed E-state index contributed by atoms with van der Waals surface area (Å²) in [4.78, 5) is 15.4. The number of carbonyl (C=O) groups excluding carboxylic acids is 1. The molecule has 0 aromatic carbocycles. The van der Waals surface area contributed by atoms with Crippen LogP contribution in [0.15, 0.2) is 28.1 Å². The van der Waals surface area contributed by atoms with E-state index in [1.165, 1.54) is 11.1 Å². The molecule has 0 aliphatic rings. The third-order valence-electron chi connectivity index (χ3n) is 1.59. The Hall–Kier alpha value is -1.42. The molecule has 2 heterocycles. The zero-order chi connectivity index (χ0) is 9.10. The number of aromatic nitrogens is 1. The molecule has 0 aliphatic heterocycles. The molecule has 0 atom stereocenters. The Balaban J connectivity index is 2.14. The number of aldehydes is 1. The van der Waals surface area contributed by atoms with E-state index in [0.29, 0.717) is 18.6 Å². The van der Waals surface area contributed by atoms with E-state index in [0.717, 1.165) is 0 Å². The van der Waals surface area contributed by atoms with Gasteiger partial charge in [0, 0.05) is 4.88 Å². The zero-order valence-electron chi connectivity index (χ0n) is 6.77. The molecule has 0 radical (unpaired) electrons. The summed E-state index contributed by atoms with van der Waals surface area (Å²) < 4.78 is 5.13. The molecular weight excluding hydrogens is 186 g/mol. The third kappa shape index (κ3) is 1.84. The van der Waals surface area contributed by atoms with Crippen LogP contribution in [0.3, 0.4) is 0 Å². The van der Waals surface area contributed by atoms with Crippen LogP contribution in [0.1, 0.15) is 21.3 Å². The molecule has 13 heavy (non-hydrogen) atoms. The number of hydrogen-bond acceptors (Lipinski definition) is 4. The van der Waals surface area contributed by atoms with Crippen LogP contribution in [-0.2, 0) is 6.42 Å². The molecule has 0 spiro atoms. The van der Waals surface area contributed by atoms with Crippen molar-refractivity contribution in [2.45, 2.75) is 6.42 Å². The molecule has 2 aromatic heterocycles. The van der Waals surface area contributed by atoms with E-state index in [-0.39, 0.29) is 5.76 Å². The average molecular weight is 193 g/mol. The van der Waals surface area contributed by atoms with Gasteiger partial charge in [-0.1, -0.05) is 6.07 Å². The number of oxazole rings is 1. The number of rotatable bonds is 3. The first-order valence-corrected chi connectivity index (χ1v) is 4.69. The summed E-state index contributed by atoms with van der Waals surface area (Å²) in [5.74, 6) is 0.871. The summed E-state index contributed by atoms with van der Waals surface area (Å²) >= 11 is 1.65. The highest BCUT2D eigenvalue weighted by molar-refractivity contribution is 7.09. The van der Waals surface area contributed by atoms with Gasteiger partial charge in [0.05, 0.1) is 12.6 Å². The second-order valence-corrected chi connectivity index (χ2v) is 3.56. The molecule has 4 heteroatoms. The van der Waals surface area contributed by atoms with Crippen LogP contribution in [0.2, 0.25) is 0 Å². The molecule has 2 rings (SSSR count). The number of carbonyl (C=O) groups is 1. The van der Waals surface area contributed by atoms with E-state index in [4.69, 9.17) is 4.42 Å². The van der Waals surface area contributed by atoms with Crippen molar-refractivity contribution in [1.82, 2.24) is 4.98 Å². The molecule has 0 bridgehead atoms. The fourth-order valence-corrected chi connectivity index (χ4v) is 1.72. The van der Waals surface area contributed by atoms with Gasteiger partial charge in [-0.2, -0.15) is 0 Å². The molecule has 0 saturated heterocycles. The smallest absolute Gasteiger partial charge is 0.200 e. The van der Waals surface area contributed by atoms with Crippen LogP contribution in [0.25, 0.3) is 0 Å². The number of thiophene rings is 1.